The van der Waals surface area contributed by atoms with Gasteiger partial charge in [0.15, 0.2) is 12.2 Å². The molecule has 0 saturated heterocycles. The lowest BCUT2D eigenvalue weighted by molar-refractivity contribution is 0.0926. The van der Waals surface area contributed by atoms with Crippen molar-refractivity contribution in [2.75, 3.05) is 24.3 Å². The van der Waals surface area contributed by atoms with E-state index < -0.39 is 0 Å². The van der Waals surface area contributed by atoms with Crippen LogP contribution in [-0.2, 0) is 0 Å². The Hall–Kier alpha value is -3.94. The van der Waals surface area contributed by atoms with Crippen molar-refractivity contribution in [3.63, 3.8) is 0 Å². The zero-order valence-electron chi connectivity index (χ0n) is 19.4. The summed E-state index contributed by atoms with van der Waals surface area (Å²) in [5.41, 5.74) is 2.47. The molecule has 5 rings (SSSR count). The SMILES string of the molecule is CN(C)c1nc(N[C@H]2CC[C@@H](NC(=O)c3ccc(-c4cnco4)cc3)CC2)nc2ccccc12. The van der Waals surface area contributed by atoms with Crippen molar-refractivity contribution < 1.29 is 9.21 Å². The van der Waals surface area contributed by atoms with Crippen LogP contribution >= 0.6 is 0 Å². The molecule has 0 radical (unpaired) electrons. The van der Waals surface area contributed by atoms with E-state index in [0.29, 0.717) is 17.3 Å². The molecule has 0 spiro atoms. The largest absolute Gasteiger partial charge is 0.444 e. The monoisotopic (exact) mass is 456 g/mol. The van der Waals surface area contributed by atoms with Gasteiger partial charge in [0.2, 0.25) is 5.95 Å². The molecule has 2 heterocycles. The summed E-state index contributed by atoms with van der Waals surface area (Å²) in [7, 11) is 3.99. The fourth-order valence-corrected chi connectivity index (χ4v) is 4.44. The minimum absolute atomic E-state index is 0.0472. The van der Waals surface area contributed by atoms with E-state index in [1.807, 2.05) is 67.5 Å². The van der Waals surface area contributed by atoms with Gasteiger partial charge in [-0.2, -0.15) is 4.98 Å². The first kappa shape index (κ1) is 21.9. The van der Waals surface area contributed by atoms with Gasteiger partial charge in [-0.25, -0.2) is 9.97 Å². The lowest BCUT2D eigenvalue weighted by Crippen LogP contribution is -2.40. The van der Waals surface area contributed by atoms with Gasteiger partial charge < -0.3 is 20.0 Å². The van der Waals surface area contributed by atoms with Gasteiger partial charge in [0.05, 0.1) is 11.7 Å². The van der Waals surface area contributed by atoms with Crippen LogP contribution < -0.4 is 15.5 Å². The van der Waals surface area contributed by atoms with Crippen LogP contribution in [0.15, 0.2) is 65.5 Å². The zero-order valence-corrected chi connectivity index (χ0v) is 19.4. The van der Waals surface area contributed by atoms with Crippen LogP contribution in [-0.4, -0.2) is 47.0 Å². The number of oxazole rings is 1. The molecule has 1 saturated carbocycles. The van der Waals surface area contributed by atoms with Crippen molar-refractivity contribution in [1.82, 2.24) is 20.3 Å². The van der Waals surface area contributed by atoms with Gasteiger partial charge in [-0.3, -0.25) is 4.79 Å². The molecule has 2 N–H and O–H groups in total. The van der Waals surface area contributed by atoms with Gasteiger partial charge in [-0.15, -0.1) is 0 Å². The fourth-order valence-electron chi connectivity index (χ4n) is 4.44. The molecular weight excluding hydrogens is 428 g/mol. The second kappa shape index (κ2) is 9.51. The maximum Gasteiger partial charge on any atom is 0.251 e. The maximum atomic E-state index is 12.7. The number of anilines is 2. The van der Waals surface area contributed by atoms with E-state index in [4.69, 9.17) is 14.4 Å². The Labute approximate surface area is 198 Å². The average Bonchev–Trinajstić information content (AvgIpc) is 3.40. The van der Waals surface area contributed by atoms with Gasteiger partial charge in [-0.1, -0.05) is 24.3 Å². The Bertz CT molecular complexity index is 1260. The molecule has 1 amide bonds. The Kier molecular flexibility index (Phi) is 6.12. The third-order valence-electron chi connectivity index (χ3n) is 6.27. The molecule has 8 nitrogen and oxygen atoms in total. The van der Waals surface area contributed by atoms with Gasteiger partial charge in [0.25, 0.3) is 5.91 Å². The van der Waals surface area contributed by atoms with Gasteiger partial charge in [0, 0.05) is 42.7 Å². The highest BCUT2D eigenvalue weighted by Gasteiger charge is 2.24. The summed E-state index contributed by atoms with van der Waals surface area (Å²) in [4.78, 5) is 28.1. The standard InChI is InChI=1S/C26H28N6O2/c1-32(2)24-21-5-3-4-6-22(21)30-26(31-24)29-20-13-11-19(12-14-20)28-25(33)18-9-7-17(8-10-18)23-15-27-16-34-23/h3-10,15-16,19-20H,11-14H2,1-2H3,(H,28,33)(H,29,30,31)/t19-,20+. The van der Waals surface area contributed by atoms with E-state index in [0.717, 1.165) is 48.0 Å². The zero-order chi connectivity index (χ0) is 23.5. The molecule has 1 fully saturated rings. The normalized spacial score (nSPS) is 17.9. The minimum atomic E-state index is -0.0472. The molecule has 34 heavy (non-hydrogen) atoms. The van der Waals surface area contributed by atoms with Crippen LogP contribution in [0, 0.1) is 0 Å². The summed E-state index contributed by atoms with van der Waals surface area (Å²) in [5, 5.41) is 7.74. The lowest BCUT2D eigenvalue weighted by Gasteiger charge is -2.30. The Morgan fingerprint density at radius 2 is 1.71 bits per heavy atom. The smallest absolute Gasteiger partial charge is 0.251 e. The van der Waals surface area contributed by atoms with Crippen LogP contribution in [0.25, 0.3) is 22.2 Å². The predicted molar refractivity (Wildman–Crippen MR) is 133 cm³/mol. The summed E-state index contributed by atoms with van der Waals surface area (Å²) in [6.45, 7) is 0. The molecular formula is C26H28N6O2. The van der Waals surface area contributed by atoms with Crippen LogP contribution in [0.2, 0.25) is 0 Å². The minimum Gasteiger partial charge on any atom is -0.444 e. The third-order valence-corrected chi connectivity index (χ3v) is 6.27. The molecule has 174 valence electrons. The van der Waals surface area contributed by atoms with E-state index in [1.165, 1.54) is 6.39 Å². The first-order valence-electron chi connectivity index (χ1n) is 11.6. The number of fused-ring (bicyclic) bond motifs is 1. The summed E-state index contributed by atoms with van der Waals surface area (Å²) in [6.07, 6.45) is 6.77. The number of carbonyl (C=O) groups is 1. The first-order chi connectivity index (χ1) is 16.6. The summed E-state index contributed by atoms with van der Waals surface area (Å²) in [6, 6.07) is 15.9. The number of carbonyl (C=O) groups excluding carboxylic acids is 1. The number of nitrogens with one attached hydrogen (secondary N) is 2. The number of hydrogen-bond donors (Lipinski definition) is 2. The molecule has 4 aromatic rings. The maximum absolute atomic E-state index is 12.7. The van der Waals surface area contributed by atoms with Crippen LogP contribution in [0.4, 0.5) is 11.8 Å². The average molecular weight is 457 g/mol. The van der Waals surface area contributed by atoms with Gasteiger partial charge >= 0.3 is 0 Å². The van der Waals surface area contributed by atoms with Crippen LogP contribution in [0.3, 0.4) is 0 Å². The van der Waals surface area contributed by atoms with Crippen LogP contribution in [0.5, 0.6) is 0 Å². The summed E-state index contributed by atoms with van der Waals surface area (Å²) >= 11 is 0. The fraction of sp³-hybridized carbons (Fsp3) is 0.308. The number of amides is 1. The molecule has 0 unspecified atom stereocenters. The van der Waals surface area contributed by atoms with Crippen molar-refractivity contribution in [3.8, 4) is 11.3 Å². The molecule has 0 atom stereocenters. The highest BCUT2D eigenvalue weighted by molar-refractivity contribution is 5.94. The topological polar surface area (TPSA) is 96.2 Å². The molecule has 1 aliphatic rings. The van der Waals surface area contributed by atoms with Crippen molar-refractivity contribution >= 4 is 28.6 Å². The van der Waals surface area contributed by atoms with E-state index in [9.17, 15) is 4.79 Å². The Morgan fingerprint density at radius 1 is 0.971 bits per heavy atom. The molecule has 2 aromatic carbocycles. The molecule has 2 aromatic heterocycles. The molecule has 0 bridgehead atoms. The number of para-hydroxylation sites is 1. The van der Waals surface area contributed by atoms with Crippen molar-refractivity contribution in [2.45, 2.75) is 37.8 Å². The lowest BCUT2D eigenvalue weighted by atomic mass is 9.91. The van der Waals surface area contributed by atoms with E-state index in [2.05, 4.69) is 15.6 Å². The van der Waals surface area contributed by atoms with Crippen molar-refractivity contribution in [1.29, 1.82) is 0 Å². The second-order valence-electron chi connectivity index (χ2n) is 8.89. The first-order valence-corrected chi connectivity index (χ1v) is 11.6. The quantitative estimate of drug-likeness (QED) is 0.441. The highest BCUT2D eigenvalue weighted by Crippen LogP contribution is 2.26. The Balaban J connectivity index is 1.17. The number of nitrogens with zero attached hydrogens (tertiary/aromatic N) is 4. The number of aromatic nitrogens is 3. The molecule has 1 aliphatic carbocycles. The highest BCUT2D eigenvalue weighted by atomic mass is 16.3. The van der Waals surface area contributed by atoms with Gasteiger partial charge in [0.1, 0.15) is 5.82 Å². The third kappa shape index (κ3) is 4.71. The number of benzene rings is 2. The summed E-state index contributed by atoms with van der Waals surface area (Å²) in [5.74, 6) is 2.20. The van der Waals surface area contributed by atoms with Crippen LogP contribution in [0.1, 0.15) is 36.0 Å². The van der Waals surface area contributed by atoms with Gasteiger partial charge in [-0.05, 0) is 49.9 Å². The van der Waals surface area contributed by atoms with E-state index in [1.54, 1.807) is 6.20 Å². The molecule has 8 heteroatoms. The van der Waals surface area contributed by atoms with E-state index >= 15 is 0 Å². The number of hydrogen-bond acceptors (Lipinski definition) is 7. The second-order valence-corrected chi connectivity index (χ2v) is 8.89. The van der Waals surface area contributed by atoms with E-state index in [-0.39, 0.29) is 18.0 Å². The molecule has 0 aliphatic heterocycles. The Morgan fingerprint density at radius 3 is 2.41 bits per heavy atom. The van der Waals surface area contributed by atoms with Crippen molar-refractivity contribution in [3.05, 3.63) is 66.7 Å². The number of rotatable bonds is 6. The summed E-state index contributed by atoms with van der Waals surface area (Å²) < 4.78 is 5.30. The predicted octanol–water partition coefficient (Wildman–Crippen LogP) is 4.50. The van der Waals surface area contributed by atoms with Crippen molar-refractivity contribution in [2.24, 2.45) is 0 Å².